The minimum atomic E-state index is 0.135. The van der Waals surface area contributed by atoms with Gasteiger partial charge >= 0.3 is 0 Å². The first-order chi connectivity index (χ1) is 9.02. The molecule has 0 unspecified atom stereocenters. The van der Waals surface area contributed by atoms with Gasteiger partial charge in [0, 0.05) is 24.0 Å². The largest absolute Gasteiger partial charge is 0.346 e. The molecule has 0 N–H and O–H groups in total. The van der Waals surface area contributed by atoms with Crippen LogP contribution < -0.4 is 0 Å². The zero-order chi connectivity index (χ0) is 14.0. The smallest absolute Gasteiger partial charge is 0.161 e. The summed E-state index contributed by atoms with van der Waals surface area (Å²) in [6.07, 6.45) is 3.89. The fourth-order valence-corrected chi connectivity index (χ4v) is 2.48. The summed E-state index contributed by atoms with van der Waals surface area (Å²) in [5.41, 5.74) is 5.28. The number of carbonyl (C=O) groups excluding carboxylic acids is 1. The molecule has 1 aromatic carbocycles. The predicted octanol–water partition coefficient (Wildman–Crippen LogP) is 4.00. The second kappa shape index (κ2) is 5.27. The quantitative estimate of drug-likeness (QED) is 0.755. The molecule has 0 bridgehead atoms. The lowest BCUT2D eigenvalue weighted by molar-refractivity contribution is 0.101. The van der Waals surface area contributed by atoms with Gasteiger partial charge in [0.25, 0.3) is 0 Å². The number of nitrogens with zero attached hydrogens (tertiary/aromatic N) is 1. The molecule has 2 heteroatoms. The van der Waals surface area contributed by atoms with E-state index < -0.39 is 0 Å². The molecule has 0 aliphatic rings. The van der Waals surface area contributed by atoms with Gasteiger partial charge in [0.05, 0.1) is 0 Å². The SMILES string of the molecule is C=Cc1ccc(Cn2cc(C)c(C(C)=O)c2C)cc1. The van der Waals surface area contributed by atoms with Crippen LogP contribution in [0.4, 0.5) is 0 Å². The van der Waals surface area contributed by atoms with E-state index >= 15 is 0 Å². The summed E-state index contributed by atoms with van der Waals surface area (Å²) in [6.45, 7) is 10.2. The van der Waals surface area contributed by atoms with E-state index in [1.807, 2.05) is 26.1 Å². The molecule has 0 atom stereocenters. The molecule has 1 heterocycles. The molecule has 0 spiro atoms. The first kappa shape index (κ1) is 13.3. The van der Waals surface area contributed by atoms with Crippen molar-refractivity contribution in [3.05, 3.63) is 65.0 Å². The molecule has 0 fully saturated rings. The third-order valence-electron chi connectivity index (χ3n) is 3.46. The molecule has 2 rings (SSSR count). The van der Waals surface area contributed by atoms with Crippen LogP contribution >= 0.6 is 0 Å². The zero-order valence-corrected chi connectivity index (χ0v) is 11.7. The summed E-state index contributed by atoms with van der Waals surface area (Å²) in [4.78, 5) is 11.6. The standard InChI is InChI=1S/C17H19NO/c1-5-15-6-8-16(9-7-15)11-18-10-12(2)17(13(18)3)14(4)19/h5-10H,1,11H2,2-4H3. The highest BCUT2D eigenvalue weighted by molar-refractivity contribution is 5.96. The summed E-state index contributed by atoms with van der Waals surface area (Å²) in [5, 5.41) is 0. The Balaban J connectivity index is 2.30. The predicted molar refractivity (Wildman–Crippen MR) is 79.5 cm³/mol. The van der Waals surface area contributed by atoms with Gasteiger partial charge in [-0.2, -0.15) is 0 Å². The first-order valence-electron chi connectivity index (χ1n) is 6.41. The molecule has 0 radical (unpaired) electrons. The molecular weight excluding hydrogens is 234 g/mol. The van der Waals surface area contributed by atoms with E-state index in [-0.39, 0.29) is 5.78 Å². The Bertz CT molecular complexity index is 617. The molecule has 0 amide bonds. The minimum Gasteiger partial charge on any atom is -0.346 e. The summed E-state index contributed by atoms with van der Waals surface area (Å²) in [5.74, 6) is 0.135. The Morgan fingerprint density at radius 3 is 2.37 bits per heavy atom. The van der Waals surface area contributed by atoms with Crippen molar-refractivity contribution in [3.8, 4) is 0 Å². The van der Waals surface area contributed by atoms with Crippen LogP contribution in [0.3, 0.4) is 0 Å². The summed E-state index contributed by atoms with van der Waals surface area (Å²) in [6, 6.07) is 8.30. The monoisotopic (exact) mass is 253 g/mol. The zero-order valence-electron chi connectivity index (χ0n) is 11.7. The Morgan fingerprint density at radius 1 is 1.26 bits per heavy atom. The normalized spacial score (nSPS) is 10.5. The van der Waals surface area contributed by atoms with Crippen molar-refractivity contribution in [1.29, 1.82) is 0 Å². The maximum absolute atomic E-state index is 11.6. The molecule has 0 saturated heterocycles. The van der Waals surface area contributed by atoms with Gasteiger partial charge in [-0.05, 0) is 37.5 Å². The number of hydrogen-bond acceptors (Lipinski definition) is 1. The number of hydrogen-bond donors (Lipinski definition) is 0. The van der Waals surface area contributed by atoms with E-state index in [0.717, 1.165) is 28.9 Å². The van der Waals surface area contributed by atoms with Crippen molar-refractivity contribution >= 4 is 11.9 Å². The van der Waals surface area contributed by atoms with Crippen LogP contribution in [0.2, 0.25) is 0 Å². The van der Waals surface area contributed by atoms with Crippen LogP contribution in [0.1, 0.15) is 39.7 Å². The molecule has 0 aliphatic heterocycles. The van der Waals surface area contributed by atoms with Crippen molar-refractivity contribution in [2.75, 3.05) is 0 Å². The van der Waals surface area contributed by atoms with Gasteiger partial charge in [-0.15, -0.1) is 0 Å². The highest BCUT2D eigenvalue weighted by Crippen LogP contribution is 2.18. The summed E-state index contributed by atoms with van der Waals surface area (Å²) < 4.78 is 2.13. The summed E-state index contributed by atoms with van der Waals surface area (Å²) in [7, 11) is 0. The van der Waals surface area contributed by atoms with Crippen LogP contribution in [-0.2, 0) is 6.54 Å². The molecule has 98 valence electrons. The summed E-state index contributed by atoms with van der Waals surface area (Å²) >= 11 is 0. The second-order valence-corrected chi connectivity index (χ2v) is 4.90. The molecule has 19 heavy (non-hydrogen) atoms. The Kier molecular flexibility index (Phi) is 3.70. The number of benzene rings is 1. The topological polar surface area (TPSA) is 22.0 Å². The van der Waals surface area contributed by atoms with Crippen molar-refractivity contribution < 1.29 is 4.79 Å². The van der Waals surface area contributed by atoms with Crippen LogP contribution in [0, 0.1) is 13.8 Å². The van der Waals surface area contributed by atoms with Crippen LogP contribution in [0.25, 0.3) is 6.08 Å². The fraction of sp³-hybridized carbons (Fsp3) is 0.235. The molecule has 2 nitrogen and oxygen atoms in total. The highest BCUT2D eigenvalue weighted by Gasteiger charge is 2.13. The van der Waals surface area contributed by atoms with E-state index in [0.29, 0.717) is 0 Å². The van der Waals surface area contributed by atoms with Crippen LogP contribution in [0.15, 0.2) is 37.0 Å². The van der Waals surface area contributed by atoms with Gasteiger partial charge in [-0.3, -0.25) is 4.79 Å². The first-order valence-corrected chi connectivity index (χ1v) is 6.41. The average Bonchev–Trinajstić information content (AvgIpc) is 2.65. The van der Waals surface area contributed by atoms with Crippen molar-refractivity contribution in [3.63, 3.8) is 0 Å². The number of rotatable bonds is 4. The maximum Gasteiger partial charge on any atom is 0.161 e. The van der Waals surface area contributed by atoms with Crippen molar-refractivity contribution in [2.24, 2.45) is 0 Å². The molecule has 0 saturated carbocycles. The maximum atomic E-state index is 11.6. The van der Waals surface area contributed by atoms with E-state index in [2.05, 4.69) is 35.4 Å². The third-order valence-corrected chi connectivity index (χ3v) is 3.46. The van der Waals surface area contributed by atoms with E-state index in [1.54, 1.807) is 6.92 Å². The van der Waals surface area contributed by atoms with Crippen LogP contribution in [-0.4, -0.2) is 10.4 Å². The Morgan fingerprint density at radius 2 is 1.89 bits per heavy atom. The number of aryl methyl sites for hydroxylation is 1. The third kappa shape index (κ3) is 2.68. The van der Waals surface area contributed by atoms with Crippen molar-refractivity contribution in [2.45, 2.75) is 27.3 Å². The number of aromatic nitrogens is 1. The molecule has 2 aromatic rings. The lowest BCUT2D eigenvalue weighted by atomic mass is 10.1. The van der Waals surface area contributed by atoms with Gasteiger partial charge in [-0.1, -0.05) is 36.9 Å². The van der Waals surface area contributed by atoms with Gasteiger partial charge in [0.2, 0.25) is 0 Å². The van der Waals surface area contributed by atoms with Gasteiger partial charge in [0.15, 0.2) is 5.78 Å². The average molecular weight is 253 g/mol. The Hall–Kier alpha value is -2.09. The second-order valence-electron chi connectivity index (χ2n) is 4.90. The molecule has 0 aliphatic carbocycles. The fourth-order valence-electron chi connectivity index (χ4n) is 2.48. The molecular formula is C17H19NO. The van der Waals surface area contributed by atoms with Crippen LogP contribution in [0.5, 0.6) is 0 Å². The van der Waals surface area contributed by atoms with E-state index in [4.69, 9.17) is 0 Å². The number of Topliss-reactive ketones (excluding diaryl/α,β-unsaturated/α-hetero) is 1. The lowest BCUT2D eigenvalue weighted by Crippen LogP contribution is -2.03. The van der Waals surface area contributed by atoms with E-state index in [1.165, 1.54) is 5.56 Å². The highest BCUT2D eigenvalue weighted by atomic mass is 16.1. The van der Waals surface area contributed by atoms with Gasteiger partial charge in [-0.25, -0.2) is 0 Å². The minimum absolute atomic E-state index is 0.135. The molecule has 1 aromatic heterocycles. The lowest BCUT2D eigenvalue weighted by Gasteiger charge is -2.07. The van der Waals surface area contributed by atoms with Crippen molar-refractivity contribution in [1.82, 2.24) is 4.57 Å². The Labute approximate surface area is 114 Å². The number of carbonyl (C=O) groups is 1. The van der Waals surface area contributed by atoms with E-state index in [9.17, 15) is 4.79 Å². The van der Waals surface area contributed by atoms with Gasteiger partial charge in [0.1, 0.15) is 0 Å². The van der Waals surface area contributed by atoms with Gasteiger partial charge < -0.3 is 4.57 Å². The number of ketones is 1.